The Balaban J connectivity index is 1.45. The van der Waals surface area contributed by atoms with Gasteiger partial charge < -0.3 is 19.7 Å². The lowest BCUT2D eigenvalue weighted by atomic mass is 9.81. The molecule has 2 aliphatic heterocycles. The van der Waals surface area contributed by atoms with Crippen molar-refractivity contribution >= 4 is 47.0 Å². The molecule has 0 unspecified atom stereocenters. The Morgan fingerprint density at radius 2 is 1.65 bits per heavy atom. The summed E-state index contributed by atoms with van der Waals surface area (Å²) in [5.41, 5.74) is 6.97. The molecule has 1 saturated heterocycles. The lowest BCUT2D eigenvalue weighted by Crippen LogP contribution is -2.53. The quantitative estimate of drug-likeness (QED) is 0.399. The highest BCUT2D eigenvalue weighted by Gasteiger charge is 2.32. The van der Waals surface area contributed by atoms with Crippen molar-refractivity contribution in [1.29, 1.82) is 0 Å². The van der Waals surface area contributed by atoms with Crippen molar-refractivity contribution in [2.24, 2.45) is 0 Å². The molecule has 226 valence electrons. The zero-order valence-electron chi connectivity index (χ0n) is 25.2. The zero-order valence-corrected chi connectivity index (χ0v) is 26.0. The van der Waals surface area contributed by atoms with Gasteiger partial charge in [0, 0.05) is 73.0 Å². The van der Waals surface area contributed by atoms with Crippen molar-refractivity contribution in [2.45, 2.75) is 44.6 Å². The van der Waals surface area contributed by atoms with Gasteiger partial charge in [0.05, 0.1) is 12.2 Å². The first-order chi connectivity index (χ1) is 20.9. The third-order valence-electron chi connectivity index (χ3n) is 8.92. The number of hydrogen-bond donors (Lipinski definition) is 2. The molecule has 6 rings (SSSR count). The maximum atomic E-state index is 14.1. The summed E-state index contributed by atoms with van der Waals surface area (Å²) < 4.78 is 7.04. The van der Waals surface area contributed by atoms with Gasteiger partial charge in [0.2, 0.25) is 0 Å². The number of carbonyl (C=O) groups excluding carboxylic acids is 3. The maximum Gasteiger partial charge on any atom is 0.317 e. The predicted molar refractivity (Wildman–Crippen MR) is 173 cm³/mol. The molecule has 3 aromatic rings. The number of nitrogens with zero attached hydrogens (tertiary/aromatic N) is 4. The molecule has 10 heteroatoms. The second kappa shape index (κ2) is 12.5. The number of hydrogen-bond acceptors (Lipinski definition) is 5. The first kappa shape index (κ1) is 29.3. The number of fused-ring (bicyclic) bond motifs is 5. The normalized spacial score (nSPS) is 17.3. The number of piperazine rings is 1. The van der Waals surface area contributed by atoms with Crippen LogP contribution in [0, 0.1) is 0 Å². The summed E-state index contributed by atoms with van der Waals surface area (Å²) in [6.07, 6.45) is 8.03. The molecule has 2 aromatic carbocycles. The van der Waals surface area contributed by atoms with Gasteiger partial charge in [0.1, 0.15) is 0 Å². The molecule has 2 fully saturated rings. The summed E-state index contributed by atoms with van der Waals surface area (Å²) >= 11 is 1.25. The number of urea groups is 1. The van der Waals surface area contributed by atoms with E-state index in [2.05, 4.69) is 44.9 Å². The number of carbonyl (C=O) groups is 3. The van der Waals surface area contributed by atoms with E-state index in [1.807, 2.05) is 41.5 Å². The van der Waals surface area contributed by atoms with Crippen LogP contribution in [0.5, 0.6) is 0 Å². The fourth-order valence-corrected chi connectivity index (χ4v) is 7.20. The van der Waals surface area contributed by atoms with Crippen LogP contribution in [-0.4, -0.2) is 83.8 Å². The Kier molecular flexibility index (Phi) is 8.50. The molecule has 3 heterocycles. The third kappa shape index (κ3) is 5.78. The Morgan fingerprint density at radius 1 is 0.930 bits per heavy atom. The van der Waals surface area contributed by atoms with Gasteiger partial charge in [-0.3, -0.25) is 14.3 Å². The molecule has 4 amide bonds. The van der Waals surface area contributed by atoms with Crippen LogP contribution in [0.1, 0.15) is 59.5 Å². The maximum absolute atomic E-state index is 14.1. The molecule has 0 spiro atoms. The van der Waals surface area contributed by atoms with Gasteiger partial charge >= 0.3 is 6.03 Å². The summed E-state index contributed by atoms with van der Waals surface area (Å²) in [7, 11) is 5.40. The van der Waals surface area contributed by atoms with E-state index >= 15 is 0 Å². The summed E-state index contributed by atoms with van der Waals surface area (Å²) in [6.45, 7) is 2.40. The molecule has 43 heavy (non-hydrogen) atoms. The largest absolute Gasteiger partial charge is 0.341 e. The summed E-state index contributed by atoms with van der Waals surface area (Å²) in [5.74, 6) is 0.279. The van der Waals surface area contributed by atoms with Crippen LogP contribution in [0.25, 0.3) is 28.2 Å². The van der Waals surface area contributed by atoms with Crippen molar-refractivity contribution in [3.63, 3.8) is 0 Å². The predicted octanol–water partition coefficient (Wildman–Crippen LogP) is 5.09. The van der Waals surface area contributed by atoms with Crippen LogP contribution in [0.3, 0.4) is 0 Å². The number of benzene rings is 2. The number of aromatic nitrogens is 1. The van der Waals surface area contributed by atoms with E-state index in [9.17, 15) is 14.4 Å². The molecular formula is C33H40N6O3S. The van der Waals surface area contributed by atoms with Gasteiger partial charge in [-0.05, 0) is 62.2 Å². The lowest BCUT2D eigenvalue weighted by molar-refractivity contribution is -0.128. The summed E-state index contributed by atoms with van der Waals surface area (Å²) in [5, 5.41) is 3.85. The van der Waals surface area contributed by atoms with Crippen molar-refractivity contribution in [3.8, 4) is 11.3 Å². The highest BCUT2D eigenvalue weighted by atomic mass is 32.2. The Bertz CT molecular complexity index is 1580. The van der Waals surface area contributed by atoms with Crippen molar-refractivity contribution in [2.75, 3.05) is 47.3 Å². The minimum atomic E-state index is -0.148. The van der Waals surface area contributed by atoms with E-state index in [0.717, 1.165) is 29.5 Å². The first-order valence-corrected chi connectivity index (χ1v) is 16.0. The molecule has 9 nitrogen and oxygen atoms in total. The average Bonchev–Trinajstić information content (AvgIpc) is 3.25. The second-order valence-electron chi connectivity index (χ2n) is 11.8. The topological polar surface area (TPSA) is 89.9 Å². The van der Waals surface area contributed by atoms with E-state index < -0.39 is 0 Å². The average molecular weight is 601 g/mol. The number of rotatable bonds is 5. The van der Waals surface area contributed by atoms with E-state index in [1.165, 1.54) is 48.0 Å². The minimum absolute atomic E-state index is 0.00319. The SMILES string of the molecule is CNC(=O)N1CCN(C(=O)C2=Cc3ccccc3-c3c(C4CCCCC4)c4ccc(C(=O)NSN(C)C)cc4n3C2)CC1. The van der Waals surface area contributed by atoms with Crippen molar-refractivity contribution < 1.29 is 14.4 Å². The Hall–Kier alpha value is -3.76. The number of amides is 4. The third-order valence-corrected chi connectivity index (χ3v) is 9.56. The van der Waals surface area contributed by atoms with E-state index in [0.29, 0.717) is 49.8 Å². The second-order valence-corrected chi connectivity index (χ2v) is 13.0. The molecular weight excluding hydrogens is 560 g/mol. The van der Waals surface area contributed by atoms with Crippen molar-refractivity contribution in [3.05, 3.63) is 64.7 Å². The monoisotopic (exact) mass is 600 g/mol. The summed E-state index contributed by atoms with van der Waals surface area (Å²) in [6, 6.07) is 14.3. The Labute approximate surface area is 257 Å². The highest BCUT2D eigenvalue weighted by molar-refractivity contribution is 7.95. The molecule has 1 aliphatic carbocycles. The molecule has 1 aromatic heterocycles. The summed E-state index contributed by atoms with van der Waals surface area (Å²) in [4.78, 5) is 43.0. The standard InChI is InChI=1S/C33H40N6O3S/c1-34-33(42)38-17-15-37(16-18-38)32(41)25-19-23-11-7-8-12-26(23)30-29(22-9-5-4-6-10-22)27-14-13-24(20-28(27)39(30)21-25)31(40)35-43-36(2)3/h7-8,11-14,19-20,22H,4-6,9-10,15-18,21H2,1-3H3,(H,34,42)(H,35,40). The van der Waals surface area contributed by atoms with Gasteiger partial charge in [0.15, 0.2) is 0 Å². The van der Waals surface area contributed by atoms with Gasteiger partial charge in [-0.2, -0.15) is 0 Å². The smallest absolute Gasteiger partial charge is 0.317 e. The van der Waals surface area contributed by atoms with Gasteiger partial charge in [-0.1, -0.05) is 49.6 Å². The molecule has 0 bridgehead atoms. The van der Waals surface area contributed by atoms with E-state index in [-0.39, 0.29) is 17.8 Å². The van der Waals surface area contributed by atoms with Crippen molar-refractivity contribution in [1.82, 2.24) is 28.7 Å². The fraction of sp³-hybridized carbons (Fsp3) is 0.424. The molecule has 2 N–H and O–H groups in total. The zero-order chi connectivity index (χ0) is 30.1. The van der Waals surface area contributed by atoms with Crippen LogP contribution in [0.4, 0.5) is 4.79 Å². The van der Waals surface area contributed by atoms with E-state index in [1.54, 1.807) is 11.9 Å². The Morgan fingerprint density at radius 3 is 2.37 bits per heavy atom. The fourth-order valence-electron chi connectivity index (χ4n) is 6.81. The van der Waals surface area contributed by atoms with Gasteiger partial charge in [-0.15, -0.1) is 0 Å². The van der Waals surface area contributed by atoms with Crippen LogP contribution in [0.15, 0.2) is 48.0 Å². The molecule has 0 radical (unpaired) electrons. The molecule has 3 aliphatic rings. The minimum Gasteiger partial charge on any atom is -0.341 e. The van der Waals surface area contributed by atoms with Crippen LogP contribution in [0.2, 0.25) is 0 Å². The lowest BCUT2D eigenvalue weighted by Gasteiger charge is -2.35. The van der Waals surface area contributed by atoms with E-state index in [4.69, 9.17) is 0 Å². The molecule has 0 atom stereocenters. The van der Waals surface area contributed by atoms with Crippen LogP contribution < -0.4 is 10.0 Å². The highest BCUT2D eigenvalue weighted by Crippen LogP contribution is 2.46. The van der Waals surface area contributed by atoms with Gasteiger partial charge in [0.25, 0.3) is 11.8 Å². The van der Waals surface area contributed by atoms with Gasteiger partial charge in [-0.25, -0.2) is 9.10 Å². The number of nitrogens with one attached hydrogen (secondary N) is 2. The van der Waals surface area contributed by atoms with Crippen LogP contribution in [-0.2, 0) is 11.3 Å². The first-order valence-electron chi connectivity index (χ1n) is 15.2. The van der Waals surface area contributed by atoms with Crippen LogP contribution >= 0.6 is 12.1 Å². The molecule has 1 saturated carbocycles.